The Morgan fingerprint density at radius 2 is 2.10 bits per heavy atom. The maximum Gasteiger partial charge on any atom is 0.295 e. The van der Waals surface area contributed by atoms with Crippen LogP contribution in [0, 0.1) is 6.92 Å². The van der Waals surface area contributed by atoms with Crippen molar-refractivity contribution in [2.75, 3.05) is 5.32 Å². The van der Waals surface area contributed by atoms with Crippen LogP contribution in [-0.2, 0) is 6.42 Å². The van der Waals surface area contributed by atoms with E-state index >= 15 is 0 Å². The van der Waals surface area contributed by atoms with Crippen molar-refractivity contribution >= 4 is 34.8 Å². The van der Waals surface area contributed by atoms with Crippen molar-refractivity contribution < 1.29 is 4.79 Å². The molecule has 0 unspecified atom stereocenters. The van der Waals surface area contributed by atoms with E-state index in [1.165, 1.54) is 0 Å². The molecule has 0 aliphatic carbocycles. The third-order valence-electron chi connectivity index (χ3n) is 2.72. The van der Waals surface area contributed by atoms with Gasteiger partial charge in [-0.2, -0.15) is 0 Å². The van der Waals surface area contributed by atoms with E-state index in [4.69, 9.17) is 23.2 Å². The summed E-state index contributed by atoms with van der Waals surface area (Å²) < 4.78 is 0. The number of hydrogen-bond acceptors (Lipinski definition) is 3. The smallest absolute Gasteiger partial charge is 0.295 e. The number of nitrogens with zero attached hydrogens (tertiary/aromatic N) is 2. The lowest BCUT2D eigenvalue weighted by Gasteiger charge is -2.07. The van der Waals surface area contributed by atoms with Crippen LogP contribution in [0.15, 0.2) is 12.1 Å². The van der Waals surface area contributed by atoms with Gasteiger partial charge in [-0.3, -0.25) is 9.89 Å². The molecule has 0 radical (unpaired) electrons. The molecule has 0 atom stereocenters. The van der Waals surface area contributed by atoms with Gasteiger partial charge in [0, 0.05) is 11.4 Å². The van der Waals surface area contributed by atoms with Crippen molar-refractivity contribution in [3.63, 3.8) is 0 Å². The first kappa shape index (κ1) is 14.8. The number of amides is 1. The van der Waals surface area contributed by atoms with Gasteiger partial charge in [-0.05, 0) is 31.0 Å². The molecule has 2 aromatic rings. The molecule has 106 valence electrons. The van der Waals surface area contributed by atoms with Crippen molar-refractivity contribution in [3.8, 4) is 0 Å². The molecule has 20 heavy (non-hydrogen) atoms. The summed E-state index contributed by atoms with van der Waals surface area (Å²) >= 11 is 12.1. The molecule has 0 aliphatic rings. The molecular weight excluding hydrogens is 299 g/mol. The maximum atomic E-state index is 12.0. The highest BCUT2D eigenvalue weighted by atomic mass is 35.5. The van der Waals surface area contributed by atoms with Crippen molar-refractivity contribution in [1.82, 2.24) is 15.2 Å². The molecule has 0 aliphatic heterocycles. The average Bonchev–Trinajstić information content (AvgIpc) is 2.85. The Labute approximate surface area is 126 Å². The Morgan fingerprint density at radius 3 is 2.80 bits per heavy atom. The number of benzene rings is 1. The highest BCUT2D eigenvalue weighted by molar-refractivity contribution is 6.36. The fourth-order valence-corrected chi connectivity index (χ4v) is 2.09. The second-order valence-electron chi connectivity index (χ2n) is 4.39. The van der Waals surface area contributed by atoms with Gasteiger partial charge in [0.1, 0.15) is 5.82 Å². The lowest BCUT2D eigenvalue weighted by Crippen LogP contribution is -2.14. The average molecular weight is 313 g/mol. The van der Waals surface area contributed by atoms with Crippen LogP contribution >= 0.6 is 23.2 Å². The van der Waals surface area contributed by atoms with E-state index in [0.717, 1.165) is 18.4 Å². The topological polar surface area (TPSA) is 70.7 Å². The summed E-state index contributed by atoms with van der Waals surface area (Å²) in [5, 5.41) is 10.2. The predicted octanol–water partition coefficient (Wildman–Crippen LogP) is 3.62. The molecule has 5 nitrogen and oxygen atoms in total. The Bertz CT molecular complexity index is 639. The zero-order chi connectivity index (χ0) is 14.7. The van der Waals surface area contributed by atoms with Crippen LogP contribution in [-0.4, -0.2) is 21.1 Å². The number of carbonyl (C=O) groups excluding carboxylic acids is 1. The number of aromatic amines is 1. The molecule has 0 spiro atoms. The van der Waals surface area contributed by atoms with Crippen molar-refractivity contribution in [3.05, 3.63) is 39.4 Å². The lowest BCUT2D eigenvalue weighted by atomic mass is 10.2. The van der Waals surface area contributed by atoms with Crippen molar-refractivity contribution in [2.24, 2.45) is 0 Å². The Hall–Kier alpha value is -1.59. The third kappa shape index (κ3) is 3.29. The highest BCUT2D eigenvalue weighted by Crippen LogP contribution is 2.28. The minimum Gasteiger partial charge on any atom is -0.318 e. The molecule has 1 aromatic carbocycles. The molecule has 0 bridgehead atoms. The van der Waals surface area contributed by atoms with Crippen LogP contribution in [0.2, 0.25) is 10.0 Å². The highest BCUT2D eigenvalue weighted by Gasteiger charge is 2.14. The van der Waals surface area contributed by atoms with E-state index in [0.29, 0.717) is 21.6 Å². The number of aryl methyl sites for hydroxylation is 2. The van der Waals surface area contributed by atoms with E-state index in [9.17, 15) is 4.79 Å². The fourth-order valence-electron chi connectivity index (χ4n) is 1.67. The zero-order valence-corrected chi connectivity index (χ0v) is 12.6. The first-order chi connectivity index (χ1) is 9.51. The minimum atomic E-state index is -0.426. The number of anilines is 1. The monoisotopic (exact) mass is 312 g/mol. The molecule has 1 aromatic heterocycles. The van der Waals surface area contributed by atoms with Crippen LogP contribution in [0.1, 0.15) is 35.4 Å². The van der Waals surface area contributed by atoms with Gasteiger partial charge in [-0.25, -0.2) is 4.98 Å². The summed E-state index contributed by atoms with van der Waals surface area (Å²) in [6.07, 6.45) is 1.67. The summed E-state index contributed by atoms with van der Waals surface area (Å²) in [6, 6.07) is 3.30. The summed E-state index contributed by atoms with van der Waals surface area (Å²) in [5.74, 6) is 0.345. The summed E-state index contributed by atoms with van der Waals surface area (Å²) in [7, 11) is 0. The van der Waals surface area contributed by atoms with Gasteiger partial charge in [0.05, 0.1) is 10.7 Å². The van der Waals surface area contributed by atoms with Gasteiger partial charge in [0.15, 0.2) is 0 Å². The molecule has 1 amide bonds. The SMILES string of the molecule is CCCc1nc(C(=O)Nc2cc(Cl)c(C)cc2Cl)n[nH]1. The van der Waals surface area contributed by atoms with Crippen LogP contribution in [0.3, 0.4) is 0 Å². The molecular formula is C13H14Cl2N4O. The minimum absolute atomic E-state index is 0.0845. The van der Waals surface area contributed by atoms with Gasteiger partial charge in [0.2, 0.25) is 5.82 Å². The van der Waals surface area contributed by atoms with Crippen LogP contribution < -0.4 is 5.32 Å². The third-order valence-corrected chi connectivity index (χ3v) is 3.44. The molecule has 7 heteroatoms. The van der Waals surface area contributed by atoms with Gasteiger partial charge in [0.25, 0.3) is 5.91 Å². The van der Waals surface area contributed by atoms with Crippen LogP contribution in [0.25, 0.3) is 0 Å². The van der Waals surface area contributed by atoms with Gasteiger partial charge in [-0.1, -0.05) is 30.1 Å². The molecule has 2 rings (SSSR count). The summed E-state index contributed by atoms with van der Waals surface area (Å²) in [6.45, 7) is 3.86. The standard InChI is InChI=1S/C13H14Cl2N4O/c1-3-4-11-17-12(19-18-11)13(20)16-10-6-8(14)7(2)5-9(10)15/h5-6H,3-4H2,1-2H3,(H,16,20)(H,17,18,19). The molecule has 0 saturated carbocycles. The number of rotatable bonds is 4. The zero-order valence-electron chi connectivity index (χ0n) is 11.1. The Morgan fingerprint density at radius 1 is 1.35 bits per heavy atom. The Kier molecular flexibility index (Phi) is 4.62. The first-order valence-electron chi connectivity index (χ1n) is 6.19. The summed E-state index contributed by atoms with van der Waals surface area (Å²) in [5.41, 5.74) is 1.28. The first-order valence-corrected chi connectivity index (χ1v) is 6.95. The molecule has 0 fully saturated rings. The van der Waals surface area contributed by atoms with Crippen molar-refractivity contribution in [2.45, 2.75) is 26.7 Å². The van der Waals surface area contributed by atoms with Gasteiger partial charge >= 0.3 is 0 Å². The molecule has 2 N–H and O–H groups in total. The van der Waals surface area contributed by atoms with E-state index in [1.807, 2.05) is 13.8 Å². The normalized spacial score (nSPS) is 10.6. The molecule has 1 heterocycles. The number of aromatic nitrogens is 3. The fraction of sp³-hybridized carbons (Fsp3) is 0.308. The number of H-pyrrole nitrogens is 1. The van der Waals surface area contributed by atoms with E-state index in [-0.39, 0.29) is 5.82 Å². The quantitative estimate of drug-likeness (QED) is 0.905. The largest absolute Gasteiger partial charge is 0.318 e. The second kappa shape index (κ2) is 6.24. The maximum absolute atomic E-state index is 12.0. The molecule has 0 saturated heterocycles. The lowest BCUT2D eigenvalue weighted by molar-refractivity contribution is 0.101. The van der Waals surface area contributed by atoms with Crippen molar-refractivity contribution in [1.29, 1.82) is 0 Å². The number of nitrogens with one attached hydrogen (secondary N) is 2. The Balaban J connectivity index is 2.16. The summed E-state index contributed by atoms with van der Waals surface area (Å²) in [4.78, 5) is 16.1. The number of hydrogen-bond donors (Lipinski definition) is 2. The number of carbonyl (C=O) groups is 1. The number of halogens is 2. The predicted molar refractivity (Wildman–Crippen MR) is 79.5 cm³/mol. The second-order valence-corrected chi connectivity index (χ2v) is 5.21. The van der Waals surface area contributed by atoms with E-state index in [1.54, 1.807) is 12.1 Å². The van der Waals surface area contributed by atoms with Crippen LogP contribution in [0.5, 0.6) is 0 Å². The van der Waals surface area contributed by atoms with Gasteiger partial charge < -0.3 is 5.32 Å². The van der Waals surface area contributed by atoms with E-state index in [2.05, 4.69) is 20.5 Å². The van der Waals surface area contributed by atoms with Crippen LogP contribution in [0.4, 0.5) is 5.69 Å². The van der Waals surface area contributed by atoms with E-state index < -0.39 is 5.91 Å². The van der Waals surface area contributed by atoms with Gasteiger partial charge in [-0.15, -0.1) is 5.10 Å².